The maximum atomic E-state index is 12.4. The summed E-state index contributed by atoms with van der Waals surface area (Å²) in [5.74, 6) is 1.04. The molecule has 1 aromatic rings. The minimum absolute atomic E-state index is 0.0897. The number of nitrogens with zero attached hydrogens (tertiary/aromatic N) is 3. The molecule has 6 nitrogen and oxygen atoms in total. The van der Waals surface area contributed by atoms with Gasteiger partial charge in [-0.3, -0.25) is 9.69 Å². The van der Waals surface area contributed by atoms with Crippen molar-refractivity contribution >= 4 is 5.91 Å². The minimum Gasteiger partial charge on any atom is -0.379 e. The van der Waals surface area contributed by atoms with Crippen molar-refractivity contribution in [2.45, 2.75) is 33.4 Å². The van der Waals surface area contributed by atoms with Gasteiger partial charge < -0.3 is 14.2 Å². The first kappa shape index (κ1) is 16.0. The van der Waals surface area contributed by atoms with E-state index in [0.29, 0.717) is 18.2 Å². The van der Waals surface area contributed by atoms with Crippen LogP contribution in [0.1, 0.15) is 37.0 Å². The van der Waals surface area contributed by atoms with Crippen LogP contribution in [0.5, 0.6) is 0 Å². The molecule has 0 unspecified atom stereocenters. The fourth-order valence-electron chi connectivity index (χ4n) is 2.28. The molecule has 118 valence electrons. The van der Waals surface area contributed by atoms with E-state index in [1.165, 1.54) is 0 Å². The Labute approximate surface area is 126 Å². The lowest BCUT2D eigenvalue weighted by atomic mass is 10.1. The molecule has 6 heteroatoms. The van der Waals surface area contributed by atoms with Gasteiger partial charge in [0.05, 0.1) is 19.8 Å². The highest BCUT2D eigenvalue weighted by Gasteiger charge is 2.23. The topological polar surface area (TPSA) is 58.8 Å². The van der Waals surface area contributed by atoms with Crippen molar-refractivity contribution in [2.75, 3.05) is 33.4 Å². The molecular formula is C15H25N3O3. The number of ether oxygens (including phenoxy) is 1. The summed E-state index contributed by atoms with van der Waals surface area (Å²) < 4.78 is 10.6. The van der Waals surface area contributed by atoms with Crippen LogP contribution >= 0.6 is 0 Å². The smallest absolute Gasteiger partial charge is 0.276 e. The average Bonchev–Trinajstić information content (AvgIpc) is 2.94. The predicted molar refractivity (Wildman–Crippen MR) is 79.0 cm³/mol. The second kappa shape index (κ2) is 7.04. The van der Waals surface area contributed by atoms with Crippen LogP contribution in [0.3, 0.4) is 0 Å². The van der Waals surface area contributed by atoms with E-state index in [0.717, 1.165) is 32.1 Å². The first-order chi connectivity index (χ1) is 9.99. The van der Waals surface area contributed by atoms with Gasteiger partial charge in [0.15, 0.2) is 11.5 Å². The summed E-state index contributed by atoms with van der Waals surface area (Å²) in [4.78, 5) is 16.3. The number of morpholine rings is 1. The Morgan fingerprint density at radius 1 is 1.38 bits per heavy atom. The molecular weight excluding hydrogens is 270 g/mol. The lowest BCUT2D eigenvalue weighted by Crippen LogP contribution is -2.38. The molecule has 2 rings (SSSR count). The first-order valence-corrected chi connectivity index (χ1v) is 7.52. The van der Waals surface area contributed by atoms with Crippen LogP contribution in [0.25, 0.3) is 0 Å². The lowest BCUT2D eigenvalue weighted by molar-refractivity contribution is 0.0305. The zero-order chi connectivity index (χ0) is 15.4. The molecule has 1 aliphatic heterocycles. The molecule has 1 saturated heterocycles. The van der Waals surface area contributed by atoms with Crippen molar-refractivity contribution in [3.8, 4) is 0 Å². The van der Waals surface area contributed by atoms with Crippen LogP contribution in [0.4, 0.5) is 0 Å². The zero-order valence-electron chi connectivity index (χ0n) is 13.3. The van der Waals surface area contributed by atoms with E-state index in [1.54, 1.807) is 11.0 Å². The van der Waals surface area contributed by atoms with Crippen LogP contribution < -0.4 is 0 Å². The van der Waals surface area contributed by atoms with E-state index in [2.05, 4.69) is 23.9 Å². The van der Waals surface area contributed by atoms with Crippen molar-refractivity contribution < 1.29 is 14.1 Å². The quantitative estimate of drug-likeness (QED) is 0.826. The van der Waals surface area contributed by atoms with Crippen molar-refractivity contribution in [3.05, 3.63) is 17.5 Å². The van der Waals surface area contributed by atoms with Crippen LogP contribution in [-0.4, -0.2) is 60.3 Å². The highest BCUT2D eigenvalue weighted by Crippen LogP contribution is 2.14. The fraction of sp³-hybridized carbons (Fsp3) is 0.733. The summed E-state index contributed by atoms with van der Waals surface area (Å²) in [5, 5.41) is 3.92. The second-order valence-corrected chi connectivity index (χ2v) is 5.97. The molecule has 0 N–H and O–H groups in total. The number of carbonyl (C=O) groups excluding carboxylic acids is 1. The minimum atomic E-state index is -0.0897. The summed E-state index contributed by atoms with van der Waals surface area (Å²) in [7, 11) is 1.81. The largest absolute Gasteiger partial charge is 0.379 e. The molecule has 0 radical (unpaired) electrons. The second-order valence-electron chi connectivity index (χ2n) is 5.97. The molecule has 1 atom stereocenters. The summed E-state index contributed by atoms with van der Waals surface area (Å²) in [6, 6.07) is 1.92. The van der Waals surface area contributed by atoms with Gasteiger partial charge >= 0.3 is 0 Å². The summed E-state index contributed by atoms with van der Waals surface area (Å²) in [6.45, 7) is 10.2. The molecule has 2 heterocycles. The van der Waals surface area contributed by atoms with Gasteiger partial charge in [0.2, 0.25) is 0 Å². The lowest BCUT2D eigenvalue weighted by Gasteiger charge is -2.27. The third kappa shape index (κ3) is 4.04. The van der Waals surface area contributed by atoms with Gasteiger partial charge in [0, 0.05) is 32.2 Å². The summed E-state index contributed by atoms with van der Waals surface area (Å²) in [6.07, 6.45) is 0. The number of amides is 1. The number of carbonyl (C=O) groups is 1. The van der Waals surface area contributed by atoms with Crippen molar-refractivity contribution in [1.82, 2.24) is 15.0 Å². The van der Waals surface area contributed by atoms with Gasteiger partial charge in [-0.1, -0.05) is 19.0 Å². The van der Waals surface area contributed by atoms with Crippen LogP contribution in [0, 0.1) is 5.92 Å². The van der Waals surface area contributed by atoms with E-state index in [4.69, 9.17) is 9.26 Å². The molecule has 1 fully saturated rings. The normalized spacial score (nSPS) is 18.0. The van der Waals surface area contributed by atoms with Crippen molar-refractivity contribution in [1.29, 1.82) is 0 Å². The Morgan fingerprint density at radius 2 is 2.05 bits per heavy atom. The van der Waals surface area contributed by atoms with Crippen molar-refractivity contribution in [2.24, 2.45) is 5.92 Å². The van der Waals surface area contributed by atoms with Gasteiger partial charge in [-0.25, -0.2) is 0 Å². The zero-order valence-corrected chi connectivity index (χ0v) is 13.3. The number of hydrogen-bond donors (Lipinski definition) is 0. The Balaban J connectivity index is 1.96. The Hall–Kier alpha value is -1.40. The maximum Gasteiger partial charge on any atom is 0.276 e. The highest BCUT2D eigenvalue weighted by atomic mass is 16.5. The van der Waals surface area contributed by atoms with Gasteiger partial charge in [0.25, 0.3) is 5.91 Å². The van der Waals surface area contributed by atoms with Gasteiger partial charge in [-0.15, -0.1) is 0 Å². The van der Waals surface area contributed by atoms with Crippen LogP contribution in [0.15, 0.2) is 10.6 Å². The summed E-state index contributed by atoms with van der Waals surface area (Å²) in [5.41, 5.74) is 0.383. The number of hydrogen-bond acceptors (Lipinski definition) is 5. The average molecular weight is 295 g/mol. The van der Waals surface area contributed by atoms with Crippen molar-refractivity contribution in [3.63, 3.8) is 0 Å². The van der Waals surface area contributed by atoms with E-state index < -0.39 is 0 Å². The highest BCUT2D eigenvalue weighted by molar-refractivity contribution is 5.92. The molecule has 0 spiro atoms. The molecule has 0 bridgehead atoms. The first-order valence-electron chi connectivity index (χ1n) is 7.52. The Bertz CT molecular complexity index is 466. The molecule has 21 heavy (non-hydrogen) atoms. The third-order valence-electron chi connectivity index (χ3n) is 4.16. The molecule has 1 amide bonds. The van der Waals surface area contributed by atoms with Gasteiger partial charge in [-0.05, 0) is 12.8 Å². The molecule has 1 aliphatic rings. The Morgan fingerprint density at radius 3 is 2.67 bits per heavy atom. The van der Waals surface area contributed by atoms with Gasteiger partial charge in [0.1, 0.15) is 0 Å². The molecule has 0 aromatic carbocycles. The molecule has 0 saturated carbocycles. The van der Waals surface area contributed by atoms with Crippen LogP contribution in [-0.2, 0) is 11.3 Å². The summed E-state index contributed by atoms with van der Waals surface area (Å²) >= 11 is 0. The van der Waals surface area contributed by atoms with Crippen LogP contribution in [0.2, 0.25) is 0 Å². The molecule has 0 aliphatic carbocycles. The Kier molecular flexibility index (Phi) is 5.36. The van der Waals surface area contributed by atoms with E-state index in [1.807, 2.05) is 14.0 Å². The van der Waals surface area contributed by atoms with Gasteiger partial charge in [-0.2, -0.15) is 0 Å². The monoisotopic (exact) mass is 295 g/mol. The van der Waals surface area contributed by atoms with E-state index in [-0.39, 0.29) is 11.9 Å². The number of aromatic nitrogens is 1. The maximum absolute atomic E-state index is 12.4. The van der Waals surface area contributed by atoms with E-state index >= 15 is 0 Å². The third-order valence-corrected chi connectivity index (χ3v) is 4.16. The predicted octanol–water partition coefficient (Wildman–Crippen LogP) is 1.62. The standard InChI is InChI=1S/C15H25N3O3/c1-11(2)12(3)17(4)15(19)14-9-13(21-16-14)10-18-5-7-20-8-6-18/h9,11-12H,5-8,10H2,1-4H3/t12-/m0/s1. The number of rotatable bonds is 5. The van der Waals surface area contributed by atoms with E-state index in [9.17, 15) is 4.79 Å². The fourth-order valence-corrected chi connectivity index (χ4v) is 2.28. The molecule has 1 aromatic heterocycles. The SMILES string of the molecule is CC(C)[C@H](C)N(C)C(=O)c1cc(CN2CCOCC2)on1.